The predicted octanol–water partition coefficient (Wildman–Crippen LogP) is 5.01. The van der Waals surface area contributed by atoms with Crippen LogP contribution in [0.2, 0.25) is 0 Å². The normalized spacial score (nSPS) is 11.9. The molecule has 9 heteroatoms. The smallest absolute Gasteiger partial charge is 0.416 e. The molecule has 0 saturated carbocycles. The number of carbonyl (C=O) groups is 1. The van der Waals surface area contributed by atoms with Crippen LogP contribution in [0.4, 0.5) is 0 Å². The molecule has 0 radical (unpaired) electrons. The minimum Gasteiger partial charge on any atom is -0.465 e. The van der Waals surface area contributed by atoms with Crippen molar-refractivity contribution in [3.63, 3.8) is 0 Å². The third-order valence-electron chi connectivity index (χ3n) is 3.96. The van der Waals surface area contributed by atoms with Crippen LogP contribution in [-0.2, 0) is 27.9 Å². The minimum absolute atomic E-state index is 0.0422. The van der Waals surface area contributed by atoms with Crippen molar-refractivity contribution in [2.75, 3.05) is 6.61 Å². The molecule has 0 amide bonds. The second kappa shape index (κ2) is 10.1. The van der Waals surface area contributed by atoms with Gasteiger partial charge in [-0.05, 0) is 45.0 Å². The van der Waals surface area contributed by atoms with Crippen LogP contribution in [-0.4, -0.2) is 17.1 Å². The van der Waals surface area contributed by atoms with Crippen molar-refractivity contribution in [3.05, 3.63) is 76.0 Å². The van der Waals surface area contributed by atoms with E-state index in [1.165, 1.54) is 11.3 Å². The topological polar surface area (TPSA) is 62.1 Å². The van der Waals surface area contributed by atoms with Crippen molar-refractivity contribution >= 4 is 35.8 Å². The SMILES string of the molecule is CCOC(=O)Cn1ccs/c1=N\P(=S)(Oc1ccc(C)cc1)Oc1ccc(C)cc1. The maximum absolute atomic E-state index is 11.9. The van der Waals surface area contributed by atoms with E-state index in [1.807, 2.05) is 67.8 Å². The van der Waals surface area contributed by atoms with Gasteiger partial charge in [-0.2, -0.15) is 4.76 Å². The van der Waals surface area contributed by atoms with Gasteiger partial charge < -0.3 is 18.4 Å². The number of rotatable bonds is 8. The molecule has 3 rings (SSSR count). The molecule has 0 aliphatic rings. The zero-order valence-corrected chi connectivity index (χ0v) is 19.5. The number of hydrogen-bond acceptors (Lipinski definition) is 6. The Morgan fingerprint density at radius 3 is 2.07 bits per heavy atom. The summed E-state index contributed by atoms with van der Waals surface area (Å²) in [5.74, 6) is 0.811. The zero-order valence-electron chi connectivity index (χ0n) is 17.0. The van der Waals surface area contributed by atoms with E-state index in [0.717, 1.165) is 11.1 Å². The van der Waals surface area contributed by atoms with Gasteiger partial charge >= 0.3 is 12.6 Å². The Labute approximate surface area is 185 Å². The summed E-state index contributed by atoms with van der Waals surface area (Å²) in [7, 11) is 0. The van der Waals surface area contributed by atoms with Crippen LogP contribution >= 0.6 is 18.0 Å². The molecular weight excluding hydrogens is 439 g/mol. The van der Waals surface area contributed by atoms with Crippen molar-refractivity contribution in [2.45, 2.75) is 27.3 Å². The highest BCUT2D eigenvalue weighted by molar-refractivity contribution is 8.09. The summed E-state index contributed by atoms with van der Waals surface area (Å²) in [6.45, 7) is 2.95. The summed E-state index contributed by atoms with van der Waals surface area (Å²) in [6, 6.07) is 15.1. The monoisotopic (exact) mass is 462 g/mol. The molecule has 0 bridgehead atoms. The lowest BCUT2D eigenvalue weighted by Crippen LogP contribution is -2.21. The zero-order chi connectivity index (χ0) is 21.6. The van der Waals surface area contributed by atoms with Crippen LogP contribution in [0.15, 0.2) is 64.9 Å². The fourth-order valence-corrected chi connectivity index (χ4v) is 5.70. The second-order valence-corrected chi connectivity index (χ2v) is 10.3. The van der Waals surface area contributed by atoms with E-state index < -0.39 is 6.64 Å². The first-order chi connectivity index (χ1) is 14.4. The van der Waals surface area contributed by atoms with E-state index in [2.05, 4.69) is 4.76 Å². The average Bonchev–Trinajstić information content (AvgIpc) is 3.12. The third kappa shape index (κ3) is 6.29. The lowest BCUT2D eigenvalue weighted by Gasteiger charge is -2.19. The summed E-state index contributed by atoms with van der Waals surface area (Å²) < 4.78 is 23.5. The highest BCUT2D eigenvalue weighted by atomic mass is 32.5. The Morgan fingerprint density at radius 2 is 1.57 bits per heavy atom. The number of carbonyl (C=O) groups excluding carboxylic acids is 1. The van der Waals surface area contributed by atoms with E-state index in [-0.39, 0.29) is 12.5 Å². The largest absolute Gasteiger partial charge is 0.465 e. The van der Waals surface area contributed by atoms with Crippen LogP contribution < -0.4 is 13.8 Å². The molecule has 1 aromatic heterocycles. The summed E-state index contributed by atoms with van der Waals surface area (Å²) in [4.78, 5) is 12.4. The molecule has 1 heterocycles. The predicted molar refractivity (Wildman–Crippen MR) is 122 cm³/mol. The molecule has 0 aliphatic carbocycles. The molecule has 0 saturated heterocycles. The highest BCUT2D eigenvalue weighted by Crippen LogP contribution is 2.50. The highest BCUT2D eigenvalue weighted by Gasteiger charge is 2.23. The van der Waals surface area contributed by atoms with Crippen molar-refractivity contribution < 1.29 is 18.6 Å². The van der Waals surface area contributed by atoms with Crippen molar-refractivity contribution in [3.8, 4) is 11.5 Å². The van der Waals surface area contributed by atoms with E-state index in [1.54, 1.807) is 17.7 Å². The van der Waals surface area contributed by atoms with Crippen LogP contribution in [0.3, 0.4) is 0 Å². The van der Waals surface area contributed by atoms with Crippen LogP contribution in [0.5, 0.6) is 11.5 Å². The van der Waals surface area contributed by atoms with Gasteiger partial charge in [-0.3, -0.25) is 4.79 Å². The van der Waals surface area contributed by atoms with Gasteiger partial charge in [0.2, 0.25) is 0 Å². The van der Waals surface area contributed by atoms with Crippen molar-refractivity contribution in [1.82, 2.24) is 4.57 Å². The molecule has 158 valence electrons. The van der Waals surface area contributed by atoms with Crippen LogP contribution in [0.25, 0.3) is 0 Å². The first kappa shape index (κ1) is 22.3. The molecule has 0 unspecified atom stereocenters. The van der Waals surface area contributed by atoms with Crippen LogP contribution in [0.1, 0.15) is 18.1 Å². The minimum atomic E-state index is -3.17. The Morgan fingerprint density at radius 1 is 1.03 bits per heavy atom. The van der Waals surface area contributed by atoms with E-state index in [0.29, 0.717) is 22.9 Å². The van der Waals surface area contributed by atoms with Gasteiger partial charge in [-0.25, -0.2) is 0 Å². The number of thiazole rings is 1. The Hall–Kier alpha value is -2.41. The molecule has 0 spiro atoms. The molecule has 0 fully saturated rings. The fraction of sp³-hybridized carbons (Fsp3) is 0.238. The van der Waals surface area contributed by atoms with Gasteiger partial charge in [-0.1, -0.05) is 35.4 Å². The van der Waals surface area contributed by atoms with Gasteiger partial charge in [0.1, 0.15) is 18.0 Å². The van der Waals surface area contributed by atoms with Gasteiger partial charge in [0.25, 0.3) is 0 Å². The maximum atomic E-state index is 11.9. The third-order valence-corrected chi connectivity index (χ3v) is 6.90. The number of aromatic nitrogens is 1. The molecule has 0 atom stereocenters. The van der Waals surface area contributed by atoms with Crippen LogP contribution in [0, 0.1) is 13.8 Å². The lowest BCUT2D eigenvalue weighted by molar-refractivity contribution is -0.143. The van der Waals surface area contributed by atoms with Gasteiger partial charge in [0.05, 0.1) is 6.61 Å². The van der Waals surface area contributed by atoms with Gasteiger partial charge in [0, 0.05) is 23.4 Å². The first-order valence-corrected chi connectivity index (χ1v) is 12.8. The average molecular weight is 463 g/mol. The number of aryl methyl sites for hydroxylation is 2. The Kier molecular flexibility index (Phi) is 7.48. The molecule has 6 nitrogen and oxygen atoms in total. The molecule has 2 aromatic carbocycles. The van der Waals surface area contributed by atoms with Gasteiger partial charge in [-0.15, -0.1) is 11.3 Å². The van der Waals surface area contributed by atoms with E-state index in [4.69, 9.17) is 25.6 Å². The quantitative estimate of drug-likeness (QED) is 0.348. The second-order valence-electron chi connectivity index (χ2n) is 6.50. The number of hydrogen-bond donors (Lipinski definition) is 0. The first-order valence-electron chi connectivity index (χ1n) is 9.35. The van der Waals surface area contributed by atoms with Gasteiger partial charge in [0.15, 0.2) is 4.80 Å². The van der Waals surface area contributed by atoms with E-state index in [9.17, 15) is 4.79 Å². The fourth-order valence-electron chi connectivity index (χ4n) is 2.47. The molecule has 30 heavy (non-hydrogen) atoms. The Bertz CT molecular complexity index is 1050. The van der Waals surface area contributed by atoms with Crippen molar-refractivity contribution in [1.29, 1.82) is 0 Å². The lowest BCUT2D eigenvalue weighted by atomic mass is 10.2. The molecule has 3 aromatic rings. The van der Waals surface area contributed by atoms with Crippen molar-refractivity contribution in [2.24, 2.45) is 4.76 Å². The number of ether oxygens (including phenoxy) is 1. The maximum Gasteiger partial charge on any atom is 0.416 e. The summed E-state index contributed by atoms with van der Waals surface area (Å²) in [6.07, 6.45) is 1.76. The molecule has 0 aliphatic heterocycles. The standard InChI is InChI=1S/C21H23N2O4PS2/c1-4-25-20(24)15-23-13-14-30-21(23)22-28(29,26-18-9-5-16(2)6-10-18)27-19-11-7-17(3)8-12-19/h5-14H,4,15H2,1-3H3/b22-21-. The number of esters is 1. The Balaban J connectivity index is 1.97. The summed E-state index contributed by atoms with van der Waals surface area (Å²) in [5, 5.41) is 1.83. The number of benzene rings is 2. The van der Waals surface area contributed by atoms with E-state index >= 15 is 0 Å². The summed E-state index contributed by atoms with van der Waals surface area (Å²) in [5.41, 5.74) is 2.22. The number of nitrogens with zero attached hydrogens (tertiary/aromatic N) is 2. The molecular formula is C21H23N2O4PS2. The molecule has 0 N–H and O–H groups in total. The summed E-state index contributed by atoms with van der Waals surface area (Å²) >= 11 is 7.13.